The minimum Gasteiger partial charge on any atom is -0.319 e. The van der Waals surface area contributed by atoms with Gasteiger partial charge in [0.1, 0.15) is 5.54 Å². The number of fused-ring (bicyclic) bond motifs is 2. The van der Waals surface area contributed by atoms with E-state index in [1.165, 1.54) is 4.90 Å². The molecule has 25 heavy (non-hydrogen) atoms. The Hall–Kier alpha value is -2.33. The predicted molar refractivity (Wildman–Crippen MR) is 96.2 cm³/mol. The normalized spacial score (nSPS) is 22.7. The first-order valence-electron chi connectivity index (χ1n) is 8.57. The van der Waals surface area contributed by atoms with Gasteiger partial charge < -0.3 is 5.32 Å². The molecule has 2 aromatic rings. The van der Waals surface area contributed by atoms with E-state index in [-0.39, 0.29) is 18.5 Å². The van der Waals surface area contributed by atoms with Crippen molar-refractivity contribution in [2.45, 2.75) is 37.8 Å². The van der Waals surface area contributed by atoms with Crippen molar-refractivity contribution in [1.82, 2.24) is 10.2 Å². The van der Waals surface area contributed by atoms with Crippen molar-refractivity contribution in [3.63, 3.8) is 0 Å². The molecule has 1 spiro atoms. The van der Waals surface area contributed by atoms with Crippen LogP contribution in [-0.4, -0.2) is 16.8 Å². The molecule has 128 valence electrons. The molecule has 0 radical (unpaired) electrons. The minimum absolute atomic E-state index is 0.151. The van der Waals surface area contributed by atoms with E-state index in [1.807, 2.05) is 30.3 Å². The minimum atomic E-state index is -0.920. The Morgan fingerprint density at radius 3 is 2.60 bits per heavy atom. The SMILES string of the molecule is O=C1NC2(CCCCc3ccccc32)C(=O)N1Cc1ccc(Cl)cc1. The van der Waals surface area contributed by atoms with Crippen molar-refractivity contribution in [3.8, 4) is 0 Å². The molecule has 2 aliphatic rings. The fourth-order valence-corrected chi connectivity index (χ4v) is 4.02. The van der Waals surface area contributed by atoms with Gasteiger partial charge in [-0.25, -0.2) is 4.79 Å². The number of hydrogen-bond donors (Lipinski definition) is 1. The number of carbonyl (C=O) groups is 2. The van der Waals surface area contributed by atoms with E-state index in [9.17, 15) is 9.59 Å². The Balaban J connectivity index is 1.70. The summed E-state index contributed by atoms with van der Waals surface area (Å²) >= 11 is 5.92. The summed E-state index contributed by atoms with van der Waals surface area (Å²) in [6, 6.07) is 14.9. The van der Waals surface area contributed by atoms with E-state index in [4.69, 9.17) is 11.6 Å². The predicted octanol–water partition coefficient (Wildman–Crippen LogP) is 4.01. The average molecular weight is 355 g/mol. The lowest BCUT2D eigenvalue weighted by atomic mass is 9.84. The quantitative estimate of drug-likeness (QED) is 0.828. The number of amides is 3. The van der Waals surface area contributed by atoms with E-state index in [0.717, 1.165) is 36.0 Å². The van der Waals surface area contributed by atoms with E-state index in [2.05, 4.69) is 11.4 Å². The van der Waals surface area contributed by atoms with Gasteiger partial charge in [0, 0.05) is 5.02 Å². The van der Waals surface area contributed by atoms with Crippen LogP contribution in [0.2, 0.25) is 5.02 Å². The van der Waals surface area contributed by atoms with Crippen molar-refractivity contribution in [2.24, 2.45) is 0 Å². The number of carbonyl (C=O) groups excluding carboxylic acids is 2. The van der Waals surface area contributed by atoms with Crippen LogP contribution >= 0.6 is 11.6 Å². The fraction of sp³-hybridized carbons (Fsp3) is 0.300. The summed E-state index contributed by atoms with van der Waals surface area (Å²) in [5, 5.41) is 3.64. The highest BCUT2D eigenvalue weighted by molar-refractivity contribution is 6.30. The van der Waals surface area contributed by atoms with Crippen LogP contribution < -0.4 is 5.32 Å². The van der Waals surface area contributed by atoms with Gasteiger partial charge in [0.2, 0.25) is 0 Å². The summed E-state index contributed by atoms with van der Waals surface area (Å²) in [7, 11) is 0. The number of nitrogens with one attached hydrogen (secondary N) is 1. The van der Waals surface area contributed by atoms with E-state index in [0.29, 0.717) is 11.4 Å². The molecule has 0 aromatic heterocycles. The van der Waals surface area contributed by atoms with Crippen molar-refractivity contribution < 1.29 is 9.59 Å². The van der Waals surface area contributed by atoms with Gasteiger partial charge in [-0.1, -0.05) is 48.0 Å². The molecule has 1 atom stereocenters. The van der Waals surface area contributed by atoms with E-state index in [1.54, 1.807) is 12.1 Å². The van der Waals surface area contributed by atoms with Crippen molar-refractivity contribution in [2.75, 3.05) is 0 Å². The third-order valence-electron chi connectivity index (χ3n) is 5.15. The fourth-order valence-electron chi connectivity index (χ4n) is 3.89. The molecule has 1 N–H and O–H groups in total. The number of nitrogens with zero attached hydrogens (tertiary/aromatic N) is 1. The van der Waals surface area contributed by atoms with Crippen LogP contribution in [0.5, 0.6) is 0 Å². The molecule has 1 heterocycles. The van der Waals surface area contributed by atoms with Crippen LogP contribution in [0.25, 0.3) is 0 Å². The molecular weight excluding hydrogens is 336 g/mol. The van der Waals surface area contributed by atoms with Gasteiger partial charge in [-0.15, -0.1) is 0 Å². The number of urea groups is 1. The van der Waals surface area contributed by atoms with Crippen LogP contribution in [0.4, 0.5) is 4.79 Å². The Kier molecular flexibility index (Phi) is 4.00. The molecule has 1 fully saturated rings. The van der Waals surface area contributed by atoms with Crippen LogP contribution in [0.15, 0.2) is 48.5 Å². The summed E-state index contributed by atoms with van der Waals surface area (Å²) in [6.07, 6.45) is 3.53. The Morgan fingerprint density at radius 1 is 1.04 bits per heavy atom. The highest BCUT2D eigenvalue weighted by atomic mass is 35.5. The summed E-state index contributed by atoms with van der Waals surface area (Å²) in [6.45, 7) is 0.256. The Morgan fingerprint density at radius 2 is 1.80 bits per heavy atom. The zero-order valence-electron chi connectivity index (χ0n) is 13.8. The Labute approximate surface area is 151 Å². The number of benzene rings is 2. The highest BCUT2D eigenvalue weighted by Gasteiger charge is 2.53. The van der Waals surface area contributed by atoms with Gasteiger partial charge in [-0.05, 0) is 54.5 Å². The lowest BCUT2D eigenvalue weighted by Gasteiger charge is -2.27. The van der Waals surface area contributed by atoms with Gasteiger partial charge in [0.15, 0.2) is 0 Å². The second kappa shape index (κ2) is 6.19. The standard InChI is InChI=1S/C20H19ClN2O2/c21-16-10-8-14(9-11-16)13-23-18(24)20(22-19(23)25)12-4-3-6-15-5-1-2-7-17(15)20/h1-2,5,7-11H,3-4,6,12-13H2,(H,22,25). The third kappa shape index (κ3) is 2.71. The van der Waals surface area contributed by atoms with Crippen molar-refractivity contribution in [3.05, 3.63) is 70.2 Å². The van der Waals surface area contributed by atoms with Gasteiger partial charge in [0.25, 0.3) is 5.91 Å². The van der Waals surface area contributed by atoms with Gasteiger partial charge in [-0.2, -0.15) is 0 Å². The summed E-state index contributed by atoms with van der Waals surface area (Å²) in [5.41, 5.74) is 2.06. The smallest absolute Gasteiger partial charge is 0.319 e. The molecule has 0 bridgehead atoms. The topological polar surface area (TPSA) is 49.4 Å². The zero-order valence-corrected chi connectivity index (χ0v) is 14.6. The summed E-state index contributed by atoms with van der Waals surface area (Å²) < 4.78 is 0. The molecule has 1 aliphatic heterocycles. The van der Waals surface area contributed by atoms with Crippen LogP contribution in [-0.2, 0) is 23.3 Å². The van der Waals surface area contributed by atoms with E-state index < -0.39 is 5.54 Å². The van der Waals surface area contributed by atoms with Crippen LogP contribution in [0.3, 0.4) is 0 Å². The van der Waals surface area contributed by atoms with Crippen LogP contribution in [0, 0.1) is 0 Å². The van der Waals surface area contributed by atoms with Crippen molar-refractivity contribution >= 4 is 23.5 Å². The number of halogens is 1. The molecule has 4 nitrogen and oxygen atoms in total. The molecular formula is C20H19ClN2O2. The summed E-state index contributed by atoms with van der Waals surface area (Å²) in [5.74, 6) is -0.151. The maximum atomic E-state index is 13.3. The van der Waals surface area contributed by atoms with E-state index >= 15 is 0 Å². The van der Waals surface area contributed by atoms with Crippen LogP contribution in [0.1, 0.15) is 36.0 Å². The second-order valence-electron chi connectivity index (χ2n) is 6.72. The number of imide groups is 1. The monoisotopic (exact) mass is 354 g/mol. The molecule has 5 heteroatoms. The number of hydrogen-bond acceptors (Lipinski definition) is 2. The molecule has 0 saturated carbocycles. The lowest BCUT2D eigenvalue weighted by Crippen LogP contribution is -2.44. The van der Waals surface area contributed by atoms with Crippen molar-refractivity contribution in [1.29, 1.82) is 0 Å². The lowest BCUT2D eigenvalue weighted by molar-refractivity contribution is -0.132. The average Bonchev–Trinajstić information content (AvgIpc) is 2.76. The highest BCUT2D eigenvalue weighted by Crippen LogP contribution is 2.39. The third-order valence-corrected chi connectivity index (χ3v) is 5.41. The Bertz CT molecular complexity index is 834. The molecule has 1 aliphatic carbocycles. The molecule has 4 rings (SSSR count). The first-order valence-corrected chi connectivity index (χ1v) is 8.95. The van der Waals surface area contributed by atoms with Gasteiger partial charge in [0.05, 0.1) is 6.54 Å². The maximum Gasteiger partial charge on any atom is 0.325 e. The molecule has 3 amide bonds. The second-order valence-corrected chi connectivity index (χ2v) is 7.15. The maximum absolute atomic E-state index is 13.3. The molecule has 1 saturated heterocycles. The first-order chi connectivity index (χ1) is 12.1. The zero-order chi connectivity index (χ0) is 17.4. The molecule has 1 unspecified atom stereocenters. The van der Waals surface area contributed by atoms with Gasteiger partial charge in [-0.3, -0.25) is 9.69 Å². The largest absolute Gasteiger partial charge is 0.325 e. The van der Waals surface area contributed by atoms with Gasteiger partial charge >= 0.3 is 6.03 Å². The number of aryl methyl sites for hydroxylation is 1. The molecule has 2 aromatic carbocycles. The first kappa shape index (κ1) is 16.2. The number of rotatable bonds is 2. The summed E-state index contributed by atoms with van der Waals surface area (Å²) in [4.78, 5) is 27.2.